The van der Waals surface area contributed by atoms with Gasteiger partial charge in [-0.05, 0) is 68.8 Å². The first kappa shape index (κ1) is 13.1. The lowest BCUT2D eigenvalue weighted by atomic mass is 9.70. The minimum absolute atomic E-state index is 0.447. The van der Waals surface area contributed by atoms with Gasteiger partial charge in [-0.25, -0.2) is 0 Å². The average molecular weight is 236 g/mol. The van der Waals surface area contributed by atoms with Gasteiger partial charge in [-0.2, -0.15) is 0 Å². The van der Waals surface area contributed by atoms with Gasteiger partial charge in [0.25, 0.3) is 0 Å². The second-order valence-electron chi connectivity index (χ2n) is 6.46. The summed E-state index contributed by atoms with van der Waals surface area (Å²) in [5, 5.41) is 11.0. The van der Waals surface area contributed by atoms with Crippen molar-refractivity contribution >= 4 is 0 Å². The highest BCUT2D eigenvalue weighted by atomic mass is 16.3. The van der Waals surface area contributed by atoms with Crippen molar-refractivity contribution in [1.82, 2.24) is 0 Å². The summed E-state index contributed by atoms with van der Waals surface area (Å²) < 4.78 is 0. The van der Waals surface area contributed by atoms with Crippen LogP contribution in [0.1, 0.15) is 71.6 Å². The summed E-state index contributed by atoms with van der Waals surface area (Å²) in [7, 11) is 0. The van der Waals surface area contributed by atoms with E-state index in [2.05, 4.69) is 19.9 Å². The van der Waals surface area contributed by atoms with Gasteiger partial charge in [-0.1, -0.05) is 26.3 Å². The van der Waals surface area contributed by atoms with E-state index in [9.17, 15) is 5.11 Å². The fourth-order valence-corrected chi connectivity index (χ4v) is 3.59. The van der Waals surface area contributed by atoms with E-state index in [0.717, 1.165) is 25.2 Å². The van der Waals surface area contributed by atoms with E-state index >= 15 is 0 Å². The molecule has 0 spiro atoms. The first-order valence-corrected chi connectivity index (χ1v) is 7.54. The minimum Gasteiger partial charge on any atom is -0.386 e. The minimum atomic E-state index is -0.447. The SMILES string of the molecule is CC(C)C1CCCC(O)(C2=CCCCCC2)C1. The smallest absolute Gasteiger partial charge is 0.0859 e. The largest absolute Gasteiger partial charge is 0.386 e. The maximum atomic E-state index is 11.0. The quantitative estimate of drug-likeness (QED) is 0.702. The first-order chi connectivity index (χ1) is 8.12. The molecule has 0 aromatic heterocycles. The molecule has 1 nitrogen and oxygen atoms in total. The zero-order valence-corrected chi connectivity index (χ0v) is 11.5. The van der Waals surface area contributed by atoms with Crippen molar-refractivity contribution < 1.29 is 5.11 Å². The molecule has 2 rings (SSSR count). The topological polar surface area (TPSA) is 20.2 Å². The second kappa shape index (κ2) is 5.56. The molecule has 17 heavy (non-hydrogen) atoms. The highest BCUT2D eigenvalue weighted by Gasteiger charge is 2.37. The van der Waals surface area contributed by atoms with Crippen LogP contribution < -0.4 is 0 Å². The van der Waals surface area contributed by atoms with Gasteiger partial charge in [0.2, 0.25) is 0 Å². The lowest BCUT2D eigenvalue weighted by molar-refractivity contribution is 0.00441. The summed E-state index contributed by atoms with van der Waals surface area (Å²) in [6.07, 6.45) is 13.1. The van der Waals surface area contributed by atoms with Gasteiger partial charge in [0.1, 0.15) is 0 Å². The molecule has 1 N–H and O–H groups in total. The summed E-state index contributed by atoms with van der Waals surface area (Å²) in [4.78, 5) is 0. The molecule has 0 radical (unpaired) electrons. The van der Waals surface area contributed by atoms with Gasteiger partial charge in [0.15, 0.2) is 0 Å². The third kappa shape index (κ3) is 3.13. The summed E-state index contributed by atoms with van der Waals surface area (Å²) in [6, 6.07) is 0. The monoisotopic (exact) mass is 236 g/mol. The van der Waals surface area contributed by atoms with Crippen LogP contribution in [0.2, 0.25) is 0 Å². The molecule has 1 fully saturated rings. The molecule has 0 aromatic carbocycles. The van der Waals surface area contributed by atoms with Gasteiger partial charge in [0, 0.05) is 0 Å². The molecule has 2 aliphatic carbocycles. The summed E-state index contributed by atoms with van der Waals surface area (Å²) in [6.45, 7) is 4.61. The molecule has 1 saturated carbocycles. The Hall–Kier alpha value is -0.300. The Bertz CT molecular complexity index is 279. The van der Waals surface area contributed by atoms with Crippen LogP contribution in [0.25, 0.3) is 0 Å². The van der Waals surface area contributed by atoms with E-state index in [4.69, 9.17) is 0 Å². The van der Waals surface area contributed by atoms with Crippen LogP contribution in [0.5, 0.6) is 0 Å². The van der Waals surface area contributed by atoms with Crippen LogP contribution in [0, 0.1) is 11.8 Å². The van der Waals surface area contributed by atoms with Gasteiger partial charge in [-0.15, -0.1) is 0 Å². The van der Waals surface area contributed by atoms with E-state index in [1.54, 1.807) is 0 Å². The number of hydrogen-bond donors (Lipinski definition) is 1. The van der Waals surface area contributed by atoms with E-state index in [1.165, 1.54) is 44.1 Å². The third-order valence-electron chi connectivity index (χ3n) is 4.85. The van der Waals surface area contributed by atoms with E-state index in [1.807, 2.05) is 0 Å². The molecular weight excluding hydrogens is 208 g/mol. The maximum Gasteiger partial charge on any atom is 0.0859 e. The van der Waals surface area contributed by atoms with E-state index in [-0.39, 0.29) is 0 Å². The van der Waals surface area contributed by atoms with Crippen LogP contribution in [0.15, 0.2) is 11.6 Å². The van der Waals surface area contributed by atoms with Crippen LogP contribution >= 0.6 is 0 Å². The summed E-state index contributed by atoms with van der Waals surface area (Å²) in [5.41, 5.74) is 0.928. The first-order valence-electron chi connectivity index (χ1n) is 7.54. The molecule has 2 aliphatic rings. The van der Waals surface area contributed by atoms with Gasteiger partial charge >= 0.3 is 0 Å². The molecule has 2 unspecified atom stereocenters. The molecular formula is C16H28O. The van der Waals surface area contributed by atoms with Crippen LogP contribution in [0.4, 0.5) is 0 Å². The maximum absolute atomic E-state index is 11.0. The zero-order chi connectivity index (χ0) is 12.3. The van der Waals surface area contributed by atoms with E-state index < -0.39 is 5.60 Å². The molecule has 1 heteroatoms. The molecule has 0 aliphatic heterocycles. The highest BCUT2D eigenvalue weighted by molar-refractivity contribution is 5.19. The predicted molar refractivity (Wildman–Crippen MR) is 72.9 cm³/mol. The summed E-state index contributed by atoms with van der Waals surface area (Å²) in [5.74, 6) is 1.44. The fourth-order valence-electron chi connectivity index (χ4n) is 3.59. The fraction of sp³-hybridized carbons (Fsp3) is 0.875. The second-order valence-corrected chi connectivity index (χ2v) is 6.46. The Morgan fingerprint density at radius 3 is 2.82 bits per heavy atom. The number of rotatable bonds is 2. The molecule has 0 heterocycles. The Kier molecular flexibility index (Phi) is 4.30. The van der Waals surface area contributed by atoms with Crippen LogP contribution in [-0.4, -0.2) is 10.7 Å². The van der Waals surface area contributed by atoms with Crippen molar-refractivity contribution in [1.29, 1.82) is 0 Å². The lowest BCUT2D eigenvalue weighted by Gasteiger charge is -2.40. The van der Waals surface area contributed by atoms with Gasteiger partial charge < -0.3 is 5.11 Å². The highest BCUT2D eigenvalue weighted by Crippen LogP contribution is 2.42. The normalized spacial score (nSPS) is 35.5. The standard InChI is InChI=1S/C16H28O/c1-13(2)14-8-7-11-16(17,12-14)15-9-5-3-4-6-10-15/h9,13-14,17H,3-8,10-12H2,1-2H3. The number of aliphatic hydroxyl groups is 1. The molecule has 98 valence electrons. The van der Waals surface area contributed by atoms with Crippen LogP contribution in [0.3, 0.4) is 0 Å². The Morgan fingerprint density at radius 2 is 2.06 bits per heavy atom. The van der Waals surface area contributed by atoms with Gasteiger partial charge in [0.05, 0.1) is 5.60 Å². The Balaban J connectivity index is 2.08. The van der Waals surface area contributed by atoms with Crippen molar-refractivity contribution in [2.45, 2.75) is 77.2 Å². The van der Waals surface area contributed by atoms with Crippen molar-refractivity contribution in [2.24, 2.45) is 11.8 Å². The zero-order valence-electron chi connectivity index (χ0n) is 11.5. The Morgan fingerprint density at radius 1 is 1.24 bits per heavy atom. The Labute approximate surface area is 106 Å². The third-order valence-corrected chi connectivity index (χ3v) is 4.85. The number of hydrogen-bond acceptors (Lipinski definition) is 1. The molecule has 0 saturated heterocycles. The molecule has 0 bridgehead atoms. The molecule has 2 atom stereocenters. The number of allylic oxidation sites excluding steroid dienone is 1. The van der Waals surface area contributed by atoms with Crippen molar-refractivity contribution in [2.75, 3.05) is 0 Å². The van der Waals surface area contributed by atoms with Crippen LogP contribution in [-0.2, 0) is 0 Å². The molecule has 0 amide bonds. The average Bonchev–Trinajstić information content (AvgIpc) is 2.58. The van der Waals surface area contributed by atoms with Crippen molar-refractivity contribution in [3.63, 3.8) is 0 Å². The lowest BCUT2D eigenvalue weighted by Crippen LogP contribution is -2.38. The molecule has 0 aromatic rings. The summed E-state index contributed by atoms with van der Waals surface area (Å²) >= 11 is 0. The predicted octanol–water partition coefficient (Wildman–Crippen LogP) is 4.45. The van der Waals surface area contributed by atoms with Gasteiger partial charge in [-0.3, -0.25) is 0 Å². The van der Waals surface area contributed by atoms with E-state index in [0.29, 0.717) is 5.92 Å². The van der Waals surface area contributed by atoms with Crippen molar-refractivity contribution in [3.05, 3.63) is 11.6 Å². The van der Waals surface area contributed by atoms with Crippen molar-refractivity contribution in [3.8, 4) is 0 Å².